The molecule has 1 fully saturated rings. The van der Waals surface area contributed by atoms with E-state index in [-0.39, 0.29) is 6.04 Å². The topological polar surface area (TPSA) is 49.4 Å². The maximum atomic E-state index is 12.6. The van der Waals surface area contributed by atoms with Gasteiger partial charge in [0.05, 0.1) is 4.90 Å². The minimum atomic E-state index is -3.35. The average Bonchev–Trinajstić information content (AvgIpc) is 2.41. The number of hydrogen-bond acceptors (Lipinski definition) is 3. The molecule has 1 aliphatic heterocycles. The van der Waals surface area contributed by atoms with Crippen molar-refractivity contribution in [1.29, 1.82) is 0 Å². The van der Waals surface area contributed by atoms with Gasteiger partial charge in [0.1, 0.15) is 0 Å². The van der Waals surface area contributed by atoms with Crippen LogP contribution in [-0.2, 0) is 10.0 Å². The highest BCUT2D eigenvalue weighted by Crippen LogP contribution is 2.22. The fraction of sp³-hybridized carbons (Fsp3) is 0.571. The first-order chi connectivity index (χ1) is 8.95. The van der Waals surface area contributed by atoms with Crippen LogP contribution in [0.3, 0.4) is 0 Å². The molecule has 0 saturated carbocycles. The third-order valence-corrected chi connectivity index (χ3v) is 5.77. The summed E-state index contributed by atoms with van der Waals surface area (Å²) in [6.07, 6.45) is 1.95. The Kier molecular flexibility index (Phi) is 4.28. The average molecular weight is 282 g/mol. The van der Waals surface area contributed by atoms with E-state index >= 15 is 0 Å². The summed E-state index contributed by atoms with van der Waals surface area (Å²) in [6.45, 7) is 5.11. The van der Waals surface area contributed by atoms with Crippen LogP contribution < -0.4 is 5.32 Å². The van der Waals surface area contributed by atoms with Crippen molar-refractivity contribution in [2.24, 2.45) is 0 Å². The molecular weight excluding hydrogens is 260 g/mol. The number of nitrogens with one attached hydrogen (secondary N) is 1. The molecule has 1 atom stereocenters. The van der Waals surface area contributed by atoms with Gasteiger partial charge in [-0.15, -0.1) is 0 Å². The third-order valence-electron chi connectivity index (χ3n) is 3.91. The summed E-state index contributed by atoms with van der Waals surface area (Å²) in [5, 5.41) is 3.17. The first-order valence-corrected chi connectivity index (χ1v) is 8.14. The molecule has 0 aliphatic carbocycles. The van der Waals surface area contributed by atoms with Gasteiger partial charge in [-0.1, -0.05) is 6.07 Å². The predicted octanol–water partition coefficient (Wildman–Crippen LogP) is 1.68. The summed E-state index contributed by atoms with van der Waals surface area (Å²) in [4.78, 5) is 0.410. The van der Waals surface area contributed by atoms with Gasteiger partial charge in [-0.3, -0.25) is 0 Å². The van der Waals surface area contributed by atoms with Gasteiger partial charge in [0.2, 0.25) is 10.0 Å². The van der Waals surface area contributed by atoms with Crippen molar-refractivity contribution in [2.75, 3.05) is 20.1 Å². The lowest BCUT2D eigenvalue weighted by molar-refractivity contribution is 0.293. The Balaban J connectivity index is 2.28. The van der Waals surface area contributed by atoms with Crippen LogP contribution in [0.1, 0.15) is 24.0 Å². The van der Waals surface area contributed by atoms with E-state index in [1.54, 1.807) is 16.4 Å². The molecule has 1 aromatic rings. The van der Waals surface area contributed by atoms with Crippen molar-refractivity contribution in [1.82, 2.24) is 9.62 Å². The van der Waals surface area contributed by atoms with Gasteiger partial charge in [0.25, 0.3) is 0 Å². The lowest BCUT2D eigenvalue weighted by Gasteiger charge is -2.31. The lowest BCUT2D eigenvalue weighted by Crippen LogP contribution is -2.46. The monoisotopic (exact) mass is 282 g/mol. The number of nitrogens with zero attached hydrogens (tertiary/aromatic N) is 1. The van der Waals surface area contributed by atoms with Crippen molar-refractivity contribution in [3.63, 3.8) is 0 Å². The molecule has 106 valence electrons. The first-order valence-electron chi connectivity index (χ1n) is 6.70. The highest BCUT2D eigenvalue weighted by Gasteiger charge is 2.29. The van der Waals surface area contributed by atoms with Crippen molar-refractivity contribution in [3.8, 4) is 0 Å². The Hall–Kier alpha value is -0.910. The minimum Gasteiger partial charge on any atom is -0.316 e. The molecule has 0 bridgehead atoms. The second-order valence-corrected chi connectivity index (χ2v) is 7.17. The largest absolute Gasteiger partial charge is 0.316 e. The second kappa shape index (κ2) is 5.61. The Bertz CT molecular complexity index is 555. The second-order valence-electron chi connectivity index (χ2n) is 5.24. The van der Waals surface area contributed by atoms with Crippen molar-refractivity contribution < 1.29 is 8.42 Å². The normalized spacial score (nSPS) is 21.5. The zero-order valence-corrected chi connectivity index (χ0v) is 12.6. The highest BCUT2D eigenvalue weighted by molar-refractivity contribution is 7.89. The van der Waals surface area contributed by atoms with E-state index in [0.29, 0.717) is 18.0 Å². The molecule has 1 aliphatic rings. The van der Waals surface area contributed by atoms with Crippen LogP contribution in [0.2, 0.25) is 0 Å². The van der Waals surface area contributed by atoms with Crippen LogP contribution in [0.25, 0.3) is 0 Å². The van der Waals surface area contributed by atoms with Gasteiger partial charge in [0.15, 0.2) is 0 Å². The highest BCUT2D eigenvalue weighted by atomic mass is 32.2. The smallest absolute Gasteiger partial charge is 0.243 e. The van der Waals surface area contributed by atoms with Crippen LogP contribution in [0.5, 0.6) is 0 Å². The number of piperidine rings is 1. The standard InChI is InChI=1S/C14H22N2O2S/c1-11-6-7-14(9-12(11)2)19(17,18)16-8-4-5-13(10-16)15-3/h6-7,9,13,15H,4-5,8,10H2,1-3H3/t13-/m0/s1. The van der Waals surface area contributed by atoms with E-state index in [0.717, 1.165) is 24.0 Å². The molecule has 19 heavy (non-hydrogen) atoms. The number of benzene rings is 1. The van der Waals surface area contributed by atoms with Gasteiger partial charge in [0, 0.05) is 19.1 Å². The SMILES string of the molecule is CN[C@H]1CCCN(S(=O)(=O)c2ccc(C)c(C)c2)C1. The number of sulfonamides is 1. The van der Waals surface area contributed by atoms with E-state index in [4.69, 9.17) is 0 Å². The minimum absolute atomic E-state index is 0.259. The molecule has 0 aromatic heterocycles. The molecule has 1 saturated heterocycles. The van der Waals surface area contributed by atoms with E-state index in [2.05, 4.69) is 5.32 Å². The molecular formula is C14H22N2O2S. The third kappa shape index (κ3) is 2.99. The van der Waals surface area contributed by atoms with Crippen LogP contribution in [-0.4, -0.2) is 38.9 Å². The molecule has 1 aromatic carbocycles. The van der Waals surface area contributed by atoms with E-state index in [9.17, 15) is 8.42 Å². The van der Waals surface area contributed by atoms with Crippen molar-refractivity contribution >= 4 is 10.0 Å². The molecule has 0 unspecified atom stereocenters. The van der Waals surface area contributed by atoms with Gasteiger partial charge < -0.3 is 5.32 Å². The van der Waals surface area contributed by atoms with E-state index < -0.39 is 10.0 Å². The van der Waals surface area contributed by atoms with Crippen LogP contribution in [0, 0.1) is 13.8 Å². The molecule has 0 radical (unpaired) electrons. The fourth-order valence-electron chi connectivity index (χ4n) is 2.42. The van der Waals surface area contributed by atoms with Gasteiger partial charge in [-0.25, -0.2) is 8.42 Å². The zero-order chi connectivity index (χ0) is 14.0. The number of rotatable bonds is 3. The van der Waals surface area contributed by atoms with Gasteiger partial charge in [-0.2, -0.15) is 4.31 Å². The Labute approximate surface area is 115 Å². The molecule has 0 amide bonds. The molecule has 1 heterocycles. The summed E-state index contributed by atoms with van der Waals surface area (Å²) in [5.74, 6) is 0. The van der Waals surface area contributed by atoms with Crippen LogP contribution >= 0.6 is 0 Å². The Morgan fingerprint density at radius 1 is 1.26 bits per heavy atom. The summed E-state index contributed by atoms with van der Waals surface area (Å²) < 4.78 is 26.8. The molecule has 5 heteroatoms. The quantitative estimate of drug-likeness (QED) is 0.917. The van der Waals surface area contributed by atoms with Gasteiger partial charge >= 0.3 is 0 Å². The maximum absolute atomic E-state index is 12.6. The number of aryl methyl sites for hydroxylation is 2. The molecule has 0 spiro atoms. The van der Waals surface area contributed by atoms with Crippen LogP contribution in [0.15, 0.2) is 23.1 Å². The first kappa shape index (κ1) is 14.5. The molecule has 2 rings (SSSR count). The summed E-state index contributed by atoms with van der Waals surface area (Å²) in [6, 6.07) is 5.62. The predicted molar refractivity (Wildman–Crippen MR) is 76.8 cm³/mol. The number of hydrogen-bond donors (Lipinski definition) is 1. The van der Waals surface area contributed by atoms with E-state index in [1.165, 1.54) is 0 Å². The zero-order valence-electron chi connectivity index (χ0n) is 11.8. The summed E-state index contributed by atoms with van der Waals surface area (Å²) >= 11 is 0. The van der Waals surface area contributed by atoms with Gasteiger partial charge in [-0.05, 0) is 57.0 Å². The Morgan fingerprint density at radius 2 is 2.00 bits per heavy atom. The summed E-state index contributed by atoms with van der Waals surface area (Å²) in [5.41, 5.74) is 2.13. The maximum Gasteiger partial charge on any atom is 0.243 e. The number of likely N-dealkylation sites (N-methyl/N-ethyl adjacent to an activating group) is 1. The molecule has 1 N–H and O–H groups in total. The molecule has 4 nitrogen and oxygen atoms in total. The van der Waals surface area contributed by atoms with Crippen molar-refractivity contribution in [3.05, 3.63) is 29.3 Å². The Morgan fingerprint density at radius 3 is 2.63 bits per heavy atom. The van der Waals surface area contributed by atoms with Crippen molar-refractivity contribution in [2.45, 2.75) is 37.6 Å². The van der Waals surface area contributed by atoms with Crippen LogP contribution in [0.4, 0.5) is 0 Å². The fourth-order valence-corrected chi connectivity index (χ4v) is 4.03. The lowest BCUT2D eigenvalue weighted by atomic mass is 10.1. The van der Waals surface area contributed by atoms with E-state index in [1.807, 2.05) is 27.0 Å². The summed E-state index contributed by atoms with van der Waals surface area (Å²) in [7, 11) is -1.47.